The van der Waals surface area contributed by atoms with E-state index in [1.165, 1.54) is 5.56 Å². The van der Waals surface area contributed by atoms with Gasteiger partial charge < -0.3 is 10.6 Å². The first-order valence-corrected chi connectivity index (χ1v) is 8.06. The molecule has 0 fully saturated rings. The van der Waals surface area contributed by atoms with E-state index >= 15 is 0 Å². The van der Waals surface area contributed by atoms with Crippen LogP contribution in [-0.4, -0.2) is 15.9 Å². The maximum absolute atomic E-state index is 12.4. The van der Waals surface area contributed by atoms with Crippen LogP contribution in [0, 0.1) is 20.8 Å². The van der Waals surface area contributed by atoms with Crippen LogP contribution in [0.15, 0.2) is 54.7 Å². The van der Waals surface area contributed by atoms with Crippen molar-refractivity contribution in [2.45, 2.75) is 20.8 Å². The summed E-state index contributed by atoms with van der Waals surface area (Å²) in [6, 6.07) is 15.3. The Morgan fingerprint density at radius 1 is 0.920 bits per heavy atom. The van der Waals surface area contributed by atoms with Crippen LogP contribution in [0.2, 0.25) is 0 Å². The zero-order chi connectivity index (χ0) is 17.8. The summed E-state index contributed by atoms with van der Waals surface area (Å²) < 4.78 is 0. The number of hydrogen-bond donors (Lipinski definition) is 2. The number of carbonyl (C=O) groups excluding carboxylic acids is 1. The summed E-state index contributed by atoms with van der Waals surface area (Å²) in [4.78, 5) is 20.9. The van der Waals surface area contributed by atoms with Crippen molar-refractivity contribution in [3.63, 3.8) is 0 Å². The van der Waals surface area contributed by atoms with Gasteiger partial charge in [-0.1, -0.05) is 35.4 Å². The molecule has 0 radical (unpaired) electrons. The van der Waals surface area contributed by atoms with E-state index in [-0.39, 0.29) is 5.91 Å². The van der Waals surface area contributed by atoms with Crippen LogP contribution in [0.25, 0.3) is 0 Å². The third kappa shape index (κ3) is 4.20. The number of carbonyl (C=O) groups is 1. The Morgan fingerprint density at radius 3 is 2.36 bits per heavy atom. The average molecular weight is 332 g/mol. The lowest BCUT2D eigenvalue weighted by Gasteiger charge is -2.10. The second kappa shape index (κ2) is 7.13. The van der Waals surface area contributed by atoms with Gasteiger partial charge in [-0.15, -0.1) is 0 Å². The zero-order valence-corrected chi connectivity index (χ0v) is 14.5. The summed E-state index contributed by atoms with van der Waals surface area (Å²) in [5.74, 6) is 0.124. The largest absolute Gasteiger partial charge is 0.324 e. The van der Waals surface area contributed by atoms with Crippen LogP contribution in [0.1, 0.15) is 27.2 Å². The van der Waals surface area contributed by atoms with Gasteiger partial charge in [0.25, 0.3) is 5.91 Å². The molecule has 0 unspecified atom stereocenters. The van der Waals surface area contributed by atoms with Crippen LogP contribution in [0.5, 0.6) is 0 Å². The molecule has 126 valence electrons. The molecular formula is C20H20N4O. The summed E-state index contributed by atoms with van der Waals surface area (Å²) in [5.41, 5.74) is 5.39. The molecular weight excluding hydrogens is 312 g/mol. The summed E-state index contributed by atoms with van der Waals surface area (Å²) in [6.07, 6.45) is 1.57. The van der Waals surface area contributed by atoms with Crippen LogP contribution in [0.3, 0.4) is 0 Å². The smallest absolute Gasteiger partial charge is 0.274 e. The van der Waals surface area contributed by atoms with Gasteiger partial charge >= 0.3 is 0 Å². The molecule has 0 aliphatic rings. The average Bonchev–Trinajstić information content (AvgIpc) is 2.60. The van der Waals surface area contributed by atoms with Crippen molar-refractivity contribution in [3.8, 4) is 0 Å². The zero-order valence-electron chi connectivity index (χ0n) is 14.5. The lowest BCUT2D eigenvalue weighted by Crippen LogP contribution is -2.14. The number of aryl methyl sites for hydroxylation is 3. The van der Waals surface area contributed by atoms with Gasteiger partial charge in [0.1, 0.15) is 5.69 Å². The first kappa shape index (κ1) is 16.6. The molecule has 3 rings (SSSR count). The Labute approximate surface area is 147 Å². The van der Waals surface area contributed by atoms with Gasteiger partial charge in [-0.25, -0.2) is 9.97 Å². The van der Waals surface area contributed by atoms with Crippen molar-refractivity contribution in [3.05, 3.63) is 77.1 Å². The molecule has 5 nitrogen and oxygen atoms in total. The predicted molar refractivity (Wildman–Crippen MR) is 100 cm³/mol. The molecule has 1 amide bonds. The number of amides is 1. The predicted octanol–water partition coefficient (Wildman–Crippen LogP) is 4.40. The Morgan fingerprint density at radius 2 is 1.64 bits per heavy atom. The van der Waals surface area contributed by atoms with Gasteiger partial charge in [0.15, 0.2) is 0 Å². The minimum Gasteiger partial charge on any atom is -0.324 e. The standard InChI is InChI=1S/C20H20N4O/c1-13-4-7-16(8-5-13)22-19(25)18-10-11-21-20(24-18)23-17-9-6-14(2)12-15(17)3/h4-12H,1-3H3,(H,22,25)(H,21,23,24). The number of nitrogens with zero attached hydrogens (tertiary/aromatic N) is 2. The minimum absolute atomic E-state index is 0.269. The second-order valence-electron chi connectivity index (χ2n) is 6.03. The van der Waals surface area contributed by atoms with Gasteiger partial charge in [-0.2, -0.15) is 0 Å². The lowest BCUT2D eigenvalue weighted by atomic mass is 10.1. The third-order valence-corrected chi connectivity index (χ3v) is 3.83. The fourth-order valence-electron chi connectivity index (χ4n) is 2.45. The molecule has 3 aromatic rings. The van der Waals surface area contributed by atoms with Gasteiger partial charge in [-0.05, 0) is 50.6 Å². The summed E-state index contributed by atoms with van der Waals surface area (Å²) in [6.45, 7) is 6.06. The SMILES string of the molecule is Cc1ccc(NC(=O)c2ccnc(Nc3ccc(C)cc3C)n2)cc1. The minimum atomic E-state index is -0.269. The fourth-order valence-corrected chi connectivity index (χ4v) is 2.45. The molecule has 25 heavy (non-hydrogen) atoms. The van der Waals surface area contributed by atoms with E-state index in [9.17, 15) is 4.79 Å². The van der Waals surface area contributed by atoms with Crippen LogP contribution < -0.4 is 10.6 Å². The van der Waals surface area contributed by atoms with E-state index < -0.39 is 0 Å². The Balaban J connectivity index is 1.76. The van der Waals surface area contributed by atoms with E-state index in [1.807, 2.05) is 57.2 Å². The van der Waals surface area contributed by atoms with E-state index in [2.05, 4.69) is 26.7 Å². The first-order valence-electron chi connectivity index (χ1n) is 8.06. The maximum atomic E-state index is 12.4. The lowest BCUT2D eigenvalue weighted by molar-refractivity contribution is 0.102. The van der Waals surface area contributed by atoms with Crippen LogP contribution >= 0.6 is 0 Å². The molecule has 1 heterocycles. The number of rotatable bonds is 4. The van der Waals surface area contributed by atoms with E-state index in [0.717, 1.165) is 22.5 Å². The van der Waals surface area contributed by atoms with Crippen molar-refractivity contribution >= 4 is 23.2 Å². The number of nitrogens with one attached hydrogen (secondary N) is 2. The number of anilines is 3. The third-order valence-electron chi connectivity index (χ3n) is 3.83. The highest BCUT2D eigenvalue weighted by Crippen LogP contribution is 2.19. The molecule has 0 saturated carbocycles. The van der Waals surface area contributed by atoms with Crippen molar-refractivity contribution in [2.75, 3.05) is 10.6 Å². The molecule has 0 aliphatic carbocycles. The van der Waals surface area contributed by atoms with E-state index in [0.29, 0.717) is 11.6 Å². The number of benzene rings is 2. The molecule has 0 spiro atoms. The van der Waals surface area contributed by atoms with Crippen molar-refractivity contribution < 1.29 is 4.79 Å². The molecule has 0 saturated heterocycles. The highest BCUT2D eigenvalue weighted by atomic mass is 16.1. The van der Waals surface area contributed by atoms with E-state index in [4.69, 9.17) is 0 Å². The molecule has 2 N–H and O–H groups in total. The fraction of sp³-hybridized carbons (Fsp3) is 0.150. The Kier molecular flexibility index (Phi) is 4.75. The normalized spacial score (nSPS) is 10.4. The summed E-state index contributed by atoms with van der Waals surface area (Å²) >= 11 is 0. The first-order chi connectivity index (χ1) is 12.0. The van der Waals surface area contributed by atoms with Crippen molar-refractivity contribution in [1.29, 1.82) is 0 Å². The van der Waals surface area contributed by atoms with Crippen LogP contribution in [0.4, 0.5) is 17.3 Å². The number of hydrogen-bond acceptors (Lipinski definition) is 4. The topological polar surface area (TPSA) is 66.9 Å². The Hall–Kier alpha value is -3.21. The number of aromatic nitrogens is 2. The monoisotopic (exact) mass is 332 g/mol. The molecule has 0 atom stereocenters. The van der Waals surface area contributed by atoms with Gasteiger partial charge in [0, 0.05) is 17.6 Å². The Bertz CT molecular complexity index is 904. The van der Waals surface area contributed by atoms with Crippen molar-refractivity contribution in [2.24, 2.45) is 0 Å². The highest BCUT2D eigenvalue weighted by molar-refractivity contribution is 6.03. The van der Waals surface area contributed by atoms with Crippen LogP contribution in [-0.2, 0) is 0 Å². The van der Waals surface area contributed by atoms with Crippen molar-refractivity contribution in [1.82, 2.24) is 9.97 Å². The summed E-state index contributed by atoms with van der Waals surface area (Å²) in [5, 5.41) is 6.00. The molecule has 5 heteroatoms. The quantitative estimate of drug-likeness (QED) is 0.743. The van der Waals surface area contributed by atoms with E-state index in [1.54, 1.807) is 12.3 Å². The highest BCUT2D eigenvalue weighted by Gasteiger charge is 2.10. The maximum Gasteiger partial charge on any atom is 0.274 e. The molecule has 0 aliphatic heterocycles. The molecule has 0 bridgehead atoms. The van der Waals surface area contributed by atoms with Gasteiger partial charge in [-0.3, -0.25) is 4.79 Å². The molecule has 1 aromatic heterocycles. The second-order valence-corrected chi connectivity index (χ2v) is 6.03. The van der Waals surface area contributed by atoms with Gasteiger partial charge in [0.05, 0.1) is 0 Å². The summed E-state index contributed by atoms with van der Waals surface area (Å²) in [7, 11) is 0. The van der Waals surface area contributed by atoms with Gasteiger partial charge in [0.2, 0.25) is 5.95 Å². The molecule has 2 aromatic carbocycles.